The number of aromatic nitrogens is 4. The molecule has 7 heteroatoms. The van der Waals surface area contributed by atoms with Crippen molar-refractivity contribution in [2.75, 3.05) is 11.9 Å². The quantitative estimate of drug-likeness (QED) is 0.391. The lowest BCUT2D eigenvalue weighted by atomic mass is 10.1. The normalized spacial score (nSPS) is 15.8. The maximum atomic E-state index is 13.6. The smallest absolute Gasteiger partial charge is 0.255 e. The van der Waals surface area contributed by atoms with Gasteiger partial charge in [0.05, 0.1) is 22.6 Å². The summed E-state index contributed by atoms with van der Waals surface area (Å²) in [4.78, 5) is 24.8. The zero-order valence-corrected chi connectivity index (χ0v) is 18.6. The fourth-order valence-electron chi connectivity index (χ4n) is 4.78. The first-order chi connectivity index (χ1) is 16.8. The van der Waals surface area contributed by atoms with Crippen LogP contribution in [0.5, 0.6) is 0 Å². The Bertz CT molecular complexity index is 1470. The Kier molecular flexibility index (Phi) is 5.14. The van der Waals surface area contributed by atoms with Crippen molar-refractivity contribution in [3.63, 3.8) is 0 Å². The second-order valence-electron chi connectivity index (χ2n) is 8.58. The zero-order chi connectivity index (χ0) is 22.9. The first kappa shape index (κ1) is 20.4. The maximum absolute atomic E-state index is 13.6. The number of hydrogen-bond donors (Lipinski definition) is 2. The van der Waals surface area contributed by atoms with Gasteiger partial charge in [0.2, 0.25) is 0 Å². The highest BCUT2D eigenvalue weighted by Gasteiger charge is 2.32. The van der Waals surface area contributed by atoms with Gasteiger partial charge in [-0.15, -0.1) is 0 Å². The summed E-state index contributed by atoms with van der Waals surface area (Å²) < 4.78 is 0. The van der Waals surface area contributed by atoms with Crippen LogP contribution in [0.3, 0.4) is 0 Å². The number of pyridine rings is 2. The molecule has 1 unspecified atom stereocenters. The highest BCUT2D eigenvalue weighted by Crippen LogP contribution is 2.34. The molecule has 1 aliphatic heterocycles. The Hall–Kier alpha value is -4.26. The highest BCUT2D eigenvalue weighted by atomic mass is 16.2. The average Bonchev–Trinajstić information content (AvgIpc) is 3.54. The largest absolute Gasteiger partial charge is 0.364 e. The number of carbonyl (C=O) groups excluding carboxylic acids is 1. The van der Waals surface area contributed by atoms with Crippen molar-refractivity contribution in [1.29, 1.82) is 0 Å². The Morgan fingerprint density at radius 2 is 1.91 bits per heavy atom. The Balaban J connectivity index is 1.26. The van der Waals surface area contributed by atoms with Gasteiger partial charge >= 0.3 is 0 Å². The molecule has 0 spiro atoms. The van der Waals surface area contributed by atoms with E-state index in [1.165, 1.54) is 5.56 Å². The van der Waals surface area contributed by atoms with Gasteiger partial charge in [-0.2, -0.15) is 5.10 Å². The molecule has 1 saturated heterocycles. The van der Waals surface area contributed by atoms with Crippen LogP contribution in [0.1, 0.15) is 40.5 Å². The molecule has 5 aromatic rings. The summed E-state index contributed by atoms with van der Waals surface area (Å²) in [7, 11) is 0. The summed E-state index contributed by atoms with van der Waals surface area (Å²) in [6.07, 6.45) is 3.59. The summed E-state index contributed by atoms with van der Waals surface area (Å²) in [5, 5.41) is 12.7. The number of benzene rings is 2. The molecule has 3 aromatic heterocycles. The van der Waals surface area contributed by atoms with Gasteiger partial charge in [-0.25, -0.2) is 4.98 Å². The number of carbonyl (C=O) groups is 1. The van der Waals surface area contributed by atoms with Crippen LogP contribution in [-0.2, 0) is 6.54 Å². The van der Waals surface area contributed by atoms with Crippen LogP contribution in [0.2, 0.25) is 0 Å². The van der Waals surface area contributed by atoms with E-state index in [0.717, 1.165) is 46.3 Å². The monoisotopic (exact) mass is 448 g/mol. The van der Waals surface area contributed by atoms with E-state index >= 15 is 0 Å². The number of aromatic amines is 1. The van der Waals surface area contributed by atoms with Gasteiger partial charge in [0, 0.05) is 30.2 Å². The van der Waals surface area contributed by atoms with Gasteiger partial charge in [-0.3, -0.25) is 14.9 Å². The number of nitrogens with one attached hydrogen (secondary N) is 2. The predicted molar refractivity (Wildman–Crippen MR) is 132 cm³/mol. The topological polar surface area (TPSA) is 86.8 Å². The van der Waals surface area contributed by atoms with E-state index in [9.17, 15) is 4.79 Å². The van der Waals surface area contributed by atoms with E-state index in [2.05, 4.69) is 32.6 Å². The van der Waals surface area contributed by atoms with Gasteiger partial charge in [-0.05, 0) is 48.7 Å². The van der Waals surface area contributed by atoms with E-state index in [4.69, 9.17) is 4.98 Å². The van der Waals surface area contributed by atoms with E-state index < -0.39 is 0 Å². The molecule has 0 saturated carbocycles. The molecule has 2 aromatic carbocycles. The number of likely N-dealkylation sites (tertiary alicyclic amines) is 1. The summed E-state index contributed by atoms with van der Waals surface area (Å²) in [6.45, 7) is 1.40. The first-order valence-corrected chi connectivity index (χ1v) is 11.6. The molecule has 0 radical (unpaired) electrons. The predicted octanol–water partition coefficient (Wildman–Crippen LogP) is 5.10. The van der Waals surface area contributed by atoms with Crippen molar-refractivity contribution in [2.24, 2.45) is 0 Å². The molecule has 4 heterocycles. The van der Waals surface area contributed by atoms with Gasteiger partial charge < -0.3 is 10.2 Å². The molecule has 0 aliphatic carbocycles. The lowest BCUT2D eigenvalue weighted by molar-refractivity contribution is 0.0735. The molecule has 1 atom stereocenters. The maximum Gasteiger partial charge on any atom is 0.255 e. The van der Waals surface area contributed by atoms with E-state index in [0.29, 0.717) is 18.7 Å². The van der Waals surface area contributed by atoms with Crippen LogP contribution < -0.4 is 5.32 Å². The van der Waals surface area contributed by atoms with Crippen molar-refractivity contribution >= 4 is 33.7 Å². The molecular formula is C27H24N6O. The molecular weight excluding hydrogens is 424 g/mol. The minimum absolute atomic E-state index is 0.0258. The number of amides is 1. The third-order valence-corrected chi connectivity index (χ3v) is 6.48. The molecule has 0 bridgehead atoms. The Morgan fingerprint density at radius 3 is 2.82 bits per heavy atom. The lowest BCUT2D eigenvalue weighted by Gasteiger charge is -2.25. The number of nitrogens with zero attached hydrogens (tertiary/aromatic N) is 4. The second kappa shape index (κ2) is 8.59. The van der Waals surface area contributed by atoms with E-state index in [-0.39, 0.29) is 11.9 Å². The Labute approximate surface area is 196 Å². The first-order valence-electron chi connectivity index (χ1n) is 11.6. The summed E-state index contributed by atoms with van der Waals surface area (Å²) in [5.74, 6) is 0.804. The van der Waals surface area contributed by atoms with Gasteiger partial charge in [0.1, 0.15) is 0 Å². The fraction of sp³-hybridized carbons (Fsp3) is 0.185. The van der Waals surface area contributed by atoms with Crippen LogP contribution in [-0.4, -0.2) is 37.5 Å². The summed E-state index contributed by atoms with van der Waals surface area (Å²) >= 11 is 0. The van der Waals surface area contributed by atoms with Crippen molar-refractivity contribution in [1.82, 2.24) is 25.1 Å². The number of rotatable bonds is 5. The van der Waals surface area contributed by atoms with E-state index in [1.54, 1.807) is 6.20 Å². The minimum Gasteiger partial charge on any atom is -0.364 e. The van der Waals surface area contributed by atoms with Gasteiger partial charge in [0.25, 0.3) is 5.91 Å². The van der Waals surface area contributed by atoms with Crippen LogP contribution in [0.4, 0.5) is 5.82 Å². The zero-order valence-electron chi connectivity index (χ0n) is 18.6. The third-order valence-electron chi connectivity index (χ3n) is 6.48. The number of hydrogen-bond acceptors (Lipinski definition) is 5. The molecule has 6 rings (SSSR count). The molecule has 1 fully saturated rings. The number of fused-ring (bicyclic) bond motifs is 2. The Morgan fingerprint density at radius 1 is 1.00 bits per heavy atom. The van der Waals surface area contributed by atoms with Crippen molar-refractivity contribution < 1.29 is 4.79 Å². The number of anilines is 1. The highest BCUT2D eigenvalue weighted by molar-refractivity contribution is 6.06. The lowest BCUT2D eigenvalue weighted by Crippen LogP contribution is -2.31. The summed E-state index contributed by atoms with van der Waals surface area (Å²) in [5.41, 5.74) is 4.31. The fourth-order valence-corrected chi connectivity index (χ4v) is 4.78. The average molecular weight is 449 g/mol. The minimum atomic E-state index is -0.0622. The van der Waals surface area contributed by atoms with Crippen LogP contribution in [0.15, 0.2) is 79.0 Å². The van der Waals surface area contributed by atoms with Crippen LogP contribution in [0, 0.1) is 0 Å². The van der Waals surface area contributed by atoms with Crippen LogP contribution in [0.25, 0.3) is 21.9 Å². The molecule has 7 nitrogen and oxygen atoms in total. The molecule has 2 N–H and O–H groups in total. The molecule has 1 aliphatic rings. The van der Waals surface area contributed by atoms with Crippen molar-refractivity contribution in [3.05, 3.63) is 95.8 Å². The van der Waals surface area contributed by atoms with Gasteiger partial charge in [-0.1, -0.05) is 42.5 Å². The summed E-state index contributed by atoms with van der Waals surface area (Å²) in [6, 6.07) is 23.8. The van der Waals surface area contributed by atoms with E-state index in [1.807, 2.05) is 65.6 Å². The molecule has 34 heavy (non-hydrogen) atoms. The third kappa shape index (κ3) is 3.65. The van der Waals surface area contributed by atoms with Gasteiger partial charge in [0.15, 0.2) is 11.5 Å². The number of H-pyrrole nitrogens is 1. The van der Waals surface area contributed by atoms with Crippen molar-refractivity contribution in [3.8, 4) is 0 Å². The van der Waals surface area contributed by atoms with Crippen molar-refractivity contribution in [2.45, 2.75) is 25.4 Å². The second-order valence-corrected chi connectivity index (χ2v) is 8.58. The van der Waals surface area contributed by atoms with Crippen LogP contribution >= 0.6 is 0 Å². The molecule has 168 valence electrons. The SMILES string of the molecule is O=C(c1cccc2ncccc12)N1CCCC1c1ccc2c(NCc3ccccc3)n[nH]c2n1. The molecule has 1 amide bonds. The standard InChI is InChI=1S/C27H24N6O/c34-27(20-9-4-11-22-19(20)10-5-15-28-22)33-16-6-12-24(33)23-14-13-21-25(31-32-26(21)30-23)29-17-18-7-2-1-3-8-18/h1-5,7-11,13-15,24H,6,12,16-17H2,(H2,29,30,31,32).